The lowest BCUT2D eigenvalue weighted by Crippen LogP contribution is -2.00. The van der Waals surface area contributed by atoms with Crippen LogP contribution in [0.15, 0.2) is 152 Å². The topological polar surface area (TPSA) is 38.7 Å². The summed E-state index contributed by atoms with van der Waals surface area (Å²) in [5.41, 5.74) is 5.44. The molecule has 0 unspecified atom stereocenters. The highest BCUT2D eigenvalue weighted by Crippen LogP contribution is 2.45. The molecule has 0 N–H and O–H groups in total. The van der Waals surface area contributed by atoms with Crippen LogP contribution in [0.4, 0.5) is 0 Å². The first-order valence-corrected chi connectivity index (χ1v) is 15.9. The van der Waals surface area contributed by atoms with E-state index in [-0.39, 0.29) is 0 Å². The van der Waals surface area contributed by atoms with E-state index < -0.39 is 0 Å². The summed E-state index contributed by atoms with van der Waals surface area (Å²) in [6.07, 6.45) is 0. The van der Waals surface area contributed by atoms with Crippen LogP contribution in [-0.4, -0.2) is 15.0 Å². The molecule has 0 fully saturated rings. The van der Waals surface area contributed by atoms with E-state index in [4.69, 9.17) is 15.0 Å². The van der Waals surface area contributed by atoms with Gasteiger partial charge in [0.25, 0.3) is 0 Å². The van der Waals surface area contributed by atoms with E-state index in [0.29, 0.717) is 17.5 Å². The summed E-state index contributed by atoms with van der Waals surface area (Å²) in [5, 5.41) is 7.36. The maximum atomic E-state index is 5.08. The van der Waals surface area contributed by atoms with E-state index in [0.717, 1.165) is 22.1 Å². The van der Waals surface area contributed by atoms with Gasteiger partial charge in [-0.15, -0.1) is 11.3 Å². The lowest BCUT2D eigenvalue weighted by Gasteiger charge is -2.13. The van der Waals surface area contributed by atoms with E-state index >= 15 is 0 Å². The molecule has 2 aromatic heterocycles. The number of rotatable bonds is 4. The predicted octanol–water partition coefficient (Wildman–Crippen LogP) is 11.2. The van der Waals surface area contributed by atoms with Gasteiger partial charge in [-0.1, -0.05) is 146 Å². The summed E-state index contributed by atoms with van der Waals surface area (Å²) in [6.45, 7) is 0. The molecule has 0 radical (unpaired) electrons. The van der Waals surface area contributed by atoms with Crippen molar-refractivity contribution in [3.63, 3.8) is 0 Å². The lowest BCUT2D eigenvalue weighted by molar-refractivity contribution is 1.08. The van der Waals surface area contributed by atoms with Crippen molar-refractivity contribution in [1.29, 1.82) is 0 Å². The van der Waals surface area contributed by atoms with Gasteiger partial charge in [-0.3, -0.25) is 0 Å². The van der Waals surface area contributed by atoms with Gasteiger partial charge in [-0.05, 0) is 33.4 Å². The summed E-state index contributed by atoms with van der Waals surface area (Å²) in [5.74, 6) is 2.00. The minimum Gasteiger partial charge on any atom is -0.208 e. The van der Waals surface area contributed by atoms with Crippen LogP contribution >= 0.6 is 11.3 Å². The number of nitrogens with zero attached hydrogens (tertiary/aromatic N) is 3. The summed E-state index contributed by atoms with van der Waals surface area (Å²) < 4.78 is 2.62. The molecule has 2 heterocycles. The highest BCUT2D eigenvalue weighted by molar-refractivity contribution is 7.27. The molecule has 9 aromatic rings. The Kier molecular flexibility index (Phi) is 6.00. The van der Waals surface area contributed by atoms with Crippen LogP contribution < -0.4 is 0 Å². The van der Waals surface area contributed by atoms with Gasteiger partial charge in [0.2, 0.25) is 0 Å². The smallest absolute Gasteiger partial charge is 0.164 e. The zero-order chi connectivity index (χ0) is 29.7. The molecule has 45 heavy (non-hydrogen) atoms. The Morgan fingerprint density at radius 3 is 1.56 bits per heavy atom. The molecule has 0 aliphatic heterocycles. The van der Waals surface area contributed by atoms with Gasteiger partial charge in [-0.25, -0.2) is 15.0 Å². The average molecular weight is 592 g/mol. The van der Waals surface area contributed by atoms with Crippen LogP contribution in [0.5, 0.6) is 0 Å². The molecule has 0 aliphatic rings. The molecular formula is C41H25N3S. The molecule has 0 spiro atoms. The first kappa shape index (κ1) is 25.8. The number of hydrogen-bond acceptors (Lipinski definition) is 4. The Morgan fingerprint density at radius 2 is 0.889 bits per heavy atom. The second-order valence-corrected chi connectivity index (χ2v) is 12.2. The van der Waals surface area contributed by atoms with Gasteiger partial charge in [0.15, 0.2) is 17.5 Å². The second-order valence-electron chi connectivity index (χ2n) is 11.2. The van der Waals surface area contributed by atoms with Crippen LogP contribution in [0.25, 0.3) is 87.0 Å². The predicted molar refractivity (Wildman–Crippen MR) is 189 cm³/mol. The third-order valence-electron chi connectivity index (χ3n) is 8.51. The Morgan fingerprint density at radius 1 is 0.356 bits per heavy atom. The zero-order valence-corrected chi connectivity index (χ0v) is 25.0. The van der Waals surface area contributed by atoms with E-state index in [9.17, 15) is 0 Å². The Bertz CT molecular complexity index is 2460. The highest BCUT2D eigenvalue weighted by atomic mass is 32.1. The fraction of sp³-hybridized carbons (Fsp3) is 0. The van der Waals surface area contributed by atoms with Gasteiger partial charge in [0, 0.05) is 42.2 Å². The number of hydrogen-bond donors (Lipinski definition) is 0. The molecule has 7 aromatic carbocycles. The molecule has 0 aliphatic carbocycles. The van der Waals surface area contributed by atoms with Crippen LogP contribution in [0.3, 0.4) is 0 Å². The Labute approximate surface area is 264 Å². The summed E-state index contributed by atoms with van der Waals surface area (Å²) in [6, 6.07) is 53.1. The minimum absolute atomic E-state index is 0.664. The number of fused-ring (bicyclic) bond motifs is 7. The molecular weight excluding hydrogens is 567 g/mol. The quantitative estimate of drug-likeness (QED) is 0.191. The van der Waals surface area contributed by atoms with Gasteiger partial charge < -0.3 is 0 Å². The van der Waals surface area contributed by atoms with Crippen molar-refractivity contribution in [1.82, 2.24) is 15.0 Å². The number of aromatic nitrogens is 3. The molecule has 0 saturated carbocycles. The standard InChI is InChI=1S/C41H25N3S/c1-4-13-26(14-5-1)30-21-12-22-33-34-24-23-29-25-35(31-19-10-11-20-32(31)36(29)38(34)45-37(30)33)41-43-39(27-15-6-2-7-16-27)42-40(44-41)28-17-8-3-9-18-28/h1-25H. The third kappa shape index (κ3) is 4.30. The largest absolute Gasteiger partial charge is 0.208 e. The molecule has 0 amide bonds. The molecule has 0 bridgehead atoms. The minimum atomic E-state index is 0.664. The fourth-order valence-corrected chi connectivity index (χ4v) is 7.81. The number of benzene rings is 7. The maximum Gasteiger partial charge on any atom is 0.164 e. The normalized spacial score (nSPS) is 11.6. The van der Waals surface area contributed by atoms with Crippen molar-refractivity contribution in [2.45, 2.75) is 0 Å². The summed E-state index contributed by atoms with van der Waals surface area (Å²) in [7, 11) is 0. The van der Waals surface area contributed by atoms with Crippen LogP contribution in [-0.2, 0) is 0 Å². The van der Waals surface area contributed by atoms with E-state index in [2.05, 4.69) is 91.0 Å². The van der Waals surface area contributed by atoms with Crippen molar-refractivity contribution >= 4 is 53.1 Å². The van der Waals surface area contributed by atoms with E-state index in [1.54, 1.807) is 0 Å². The molecule has 3 nitrogen and oxygen atoms in total. The van der Waals surface area contributed by atoms with Crippen molar-refractivity contribution in [3.8, 4) is 45.3 Å². The third-order valence-corrected chi connectivity index (χ3v) is 9.78. The average Bonchev–Trinajstić information content (AvgIpc) is 3.51. The van der Waals surface area contributed by atoms with Crippen molar-refractivity contribution in [2.75, 3.05) is 0 Å². The Balaban J connectivity index is 1.33. The Hall–Kier alpha value is -5.71. The van der Waals surface area contributed by atoms with Crippen LogP contribution in [0.2, 0.25) is 0 Å². The molecule has 0 atom stereocenters. The molecule has 4 heteroatoms. The second kappa shape index (κ2) is 10.5. The zero-order valence-electron chi connectivity index (χ0n) is 24.2. The van der Waals surface area contributed by atoms with Crippen molar-refractivity contribution in [2.24, 2.45) is 0 Å². The first-order chi connectivity index (χ1) is 22.3. The molecule has 0 saturated heterocycles. The van der Waals surface area contributed by atoms with E-state index in [1.807, 2.05) is 72.0 Å². The van der Waals surface area contributed by atoms with Gasteiger partial charge in [0.1, 0.15) is 0 Å². The number of thiophene rings is 1. The first-order valence-electron chi connectivity index (χ1n) is 15.0. The molecule has 9 rings (SSSR count). The van der Waals surface area contributed by atoms with E-state index in [1.165, 1.54) is 47.5 Å². The van der Waals surface area contributed by atoms with Crippen molar-refractivity contribution in [3.05, 3.63) is 152 Å². The summed E-state index contributed by atoms with van der Waals surface area (Å²) >= 11 is 1.89. The lowest BCUT2D eigenvalue weighted by atomic mass is 9.95. The molecule has 210 valence electrons. The van der Waals surface area contributed by atoms with Crippen LogP contribution in [0, 0.1) is 0 Å². The van der Waals surface area contributed by atoms with Gasteiger partial charge in [0.05, 0.1) is 0 Å². The van der Waals surface area contributed by atoms with Crippen molar-refractivity contribution < 1.29 is 0 Å². The van der Waals surface area contributed by atoms with Gasteiger partial charge in [-0.2, -0.15) is 0 Å². The highest BCUT2D eigenvalue weighted by Gasteiger charge is 2.19. The summed E-state index contributed by atoms with van der Waals surface area (Å²) in [4.78, 5) is 15.1. The monoisotopic (exact) mass is 591 g/mol. The maximum absolute atomic E-state index is 5.08. The SMILES string of the molecule is c1ccc(-c2nc(-c3ccccc3)nc(-c3cc4ccc5c6cccc(-c7ccccc7)c6sc5c4c4ccccc34)n2)cc1. The van der Waals surface area contributed by atoms with Gasteiger partial charge >= 0.3 is 0 Å². The fourth-order valence-electron chi connectivity index (χ4n) is 6.40. The van der Waals surface area contributed by atoms with Crippen LogP contribution in [0.1, 0.15) is 0 Å².